The van der Waals surface area contributed by atoms with E-state index in [0.29, 0.717) is 6.54 Å². The molecule has 2 nitrogen and oxygen atoms in total. The van der Waals surface area contributed by atoms with E-state index >= 15 is 0 Å². The van der Waals surface area contributed by atoms with E-state index in [2.05, 4.69) is 11.2 Å². The summed E-state index contributed by atoms with van der Waals surface area (Å²) in [6.07, 6.45) is 5.15. The minimum atomic E-state index is 0.552. The van der Waals surface area contributed by atoms with Gasteiger partial charge in [-0.25, -0.2) is 0 Å². The zero-order valence-electron chi connectivity index (χ0n) is 7.50. The molecule has 0 saturated heterocycles. The summed E-state index contributed by atoms with van der Waals surface area (Å²) in [6, 6.07) is 5.99. The monoisotopic (exact) mass is 192 g/mol. The number of rotatable bonds is 3. The SMILES string of the molecule is C#CCNc1ccc(SN)cc1C. The zero-order valence-corrected chi connectivity index (χ0v) is 8.32. The van der Waals surface area contributed by atoms with Crippen LogP contribution in [0.25, 0.3) is 0 Å². The molecule has 0 spiro atoms. The van der Waals surface area contributed by atoms with Crippen molar-refractivity contribution in [1.29, 1.82) is 0 Å². The second-order valence-electron chi connectivity index (χ2n) is 2.65. The van der Waals surface area contributed by atoms with Gasteiger partial charge in [0.15, 0.2) is 0 Å². The normalized spacial score (nSPS) is 9.31. The van der Waals surface area contributed by atoms with E-state index in [0.717, 1.165) is 16.1 Å². The largest absolute Gasteiger partial charge is 0.374 e. The van der Waals surface area contributed by atoms with Crippen molar-refractivity contribution in [3.05, 3.63) is 23.8 Å². The number of nitrogens with one attached hydrogen (secondary N) is 1. The van der Waals surface area contributed by atoms with Gasteiger partial charge in [-0.3, -0.25) is 5.14 Å². The Kier molecular flexibility index (Phi) is 3.69. The molecule has 0 aromatic heterocycles. The molecule has 3 heteroatoms. The molecular weight excluding hydrogens is 180 g/mol. The molecule has 0 saturated carbocycles. The summed E-state index contributed by atoms with van der Waals surface area (Å²) in [5.41, 5.74) is 2.22. The van der Waals surface area contributed by atoms with Gasteiger partial charge < -0.3 is 5.32 Å². The zero-order chi connectivity index (χ0) is 9.68. The van der Waals surface area contributed by atoms with Gasteiger partial charge in [0.25, 0.3) is 0 Å². The van der Waals surface area contributed by atoms with E-state index in [1.807, 2.05) is 25.1 Å². The molecule has 0 atom stereocenters. The van der Waals surface area contributed by atoms with Crippen LogP contribution in [0.3, 0.4) is 0 Å². The van der Waals surface area contributed by atoms with Crippen LogP contribution in [0, 0.1) is 19.3 Å². The second kappa shape index (κ2) is 4.80. The van der Waals surface area contributed by atoms with Crippen molar-refractivity contribution in [3.8, 4) is 12.3 Å². The highest BCUT2D eigenvalue weighted by molar-refractivity contribution is 7.97. The molecule has 13 heavy (non-hydrogen) atoms. The Morgan fingerprint density at radius 1 is 1.62 bits per heavy atom. The maximum Gasteiger partial charge on any atom is 0.0763 e. The Hall–Kier alpha value is -1.11. The quantitative estimate of drug-likeness (QED) is 0.568. The van der Waals surface area contributed by atoms with Crippen molar-refractivity contribution in [2.75, 3.05) is 11.9 Å². The number of benzene rings is 1. The summed E-state index contributed by atoms with van der Waals surface area (Å²) in [6.45, 7) is 2.58. The third-order valence-electron chi connectivity index (χ3n) is 1.71. The molecule has 0 bridgehead atoms. The van der Waals surface area contributed by atoms with Crippen molar-refractivity contribution in [1.82, 2.24) is 0 Å². The predicted octanol–water partition coefficient (Wildman–Crippen LogP) is 2.01. The van der Waals surface area contributed by atoms with Crippen molar-refractivity contribution in [2.45, 2.75) is 11.8 Å². The first-order valence-corrected chi connectivity index (χ1v) is 4.80. The Bertz CT molecular complexity index is 328. The van der Waals surface area contributed by atoms with Crippen LogP contribution in [-0.4, -0.2) is 6.54 Å². The van der Waals surface area contributed by atoms with Crippen LogP contribution < -0.4 is 10.5 Å². The fourth-order valence-electron chi connectivity index (χ4n) is 1.05. The van der Waals surface area contributed by atoms with Crippen LogP contribution in [0.5, 0.6) is 0 Å². The summed E-state index contributed by atoms with van der Waals surface area (Å²) in [5, 5.41) is 8.56. The molecule has 0 aliphatic rings. The molecule has 0 radical (unpaired) electrons. The smallest absolute Gasteiger partial charge is 0.0763 e. The number of hydrogen-bond acceptors (Lipinski definition) is 3. The highest BCUT2D eigenvalue weighted by Gasteiger charge is 1.97. The lowest BCUT2D eigenvalue weighted by Gasteiger charge is -2.07. The number of hydrogen-bond donors (Lipinski definition) is 2. The van der Waals surface area contributed by atoms with Crippen LogP contribution >= 0.6 is 11.9 Å². The predicted molar refractivity (Wildman–Crippen MR) is 58.5 cm³/mol. The lowest BCUT2D eigenvalue weighted by molar-refractivity contribution is 1.29. The van der Waals surface area contributed by atoms with E-state index in [-0.39, 0.29) is 0 Å². The Balaban J connectivity index is 2.80. The van der Waals surface area contributed by atoms with Crippen LogP contribution in [0.1, 0.15) is 5.56 Å². The number of aryl methyl sites for hydroxylation is 1. The summed E-state index contributed by atoms with van der Waals surface area (Å²) < 4.78 is 0. The van der Waals surface area contributed by atoms with Gasteiger partial charge in [-0.2, -0.15) is 0 Å². The molecule has 0 amide bonds. The Morgan fingerprint density at radius 3 is 2.92 bits per heavy atom. The highest BCUT2D eigenvalue weighted by atomic mass is 32.2. The molecule has 1 aromatic carbocycles. The number of terminal acetylenes is 1. The molecule has 1 aromatic rings. The van der Waals surface area contributed by atoms with Gasteiger partial charge in [-0.1, -0.05) is 5.92 Å². The minimum absolute atomic E-state index is 0.552. The van der Waals surface area contributed by atoms with Crippen LogP contribution in [-0.2, 0) is 0 Å². The average Bonchev–Trinajstić information content (AvgIpc) is 2.16. The van der Waals surface area contributed by atoms with Gasteiger partial charge in [-0.15, -0.1) is 6.42 Å². The summed E-state index contributed by atoms with van der Waals surface area (Å²) in [4.78, 5) is 1.06. The third kappa shape index (κ3) is 2.69. The first-order valence-electron chi connectivity index (χ1n) is 3.92. The van der Waals surface area contributed by atoms with Gasteiger partial charge in [0.2, 0.25) is 0 Å². The molecular formula is C10H12N2S. The summed E-state index contributed by atoms with van der Waals surface area (Å²) >= 11 is 1.25. The second-order valence-corrected chi connectivity index (χ2v) is 3.36. The first-order chi connectivity index (χ1) is 6.27. The first kappa shape index (κ1) is 9.97. The molecule has 0 fully saturated rings. The topological polar surface area (TPSA) is 38.0 Å². The number of anilines is 1. The van der Waals surface area contributed by atoms with Crippen molar-refractivity contribution in [3.63, 3.8) is 0 Å². The lowest BCUT2D eigenvalue weighted by atomic mass is 10.2. The van der Waals surface area contributed by atoms with Crippen molar-refractivity contribution < 1.29 is 0 Å². The van der Waals surface area contributed by atoms with E-state index in [9.17, 15) is 0 Å². The van der Waals surface area contributed by atoms with Crippen molar-refractivity contribution >= 4 is 17.6 Å². The van der Waals surface area contributed by atoms with E-state index in [1.165, 1.54) is 11.9 Å². The molecule has 0 aliphatic heterocycles. The molecule has 0 unspecified atom stereocenters. The van der Waals surface area contributed by atoms with Crippen molar-refractivity contribution in [2.24, 2.45) is 5.14 Å². The van der Waals surface area contributed by atoms with Crippen LogP contribution in [0.4, 0.5) is 5.69 Å². The molecule has 0 heterocycles. The lowest BCUT2D eigenvalue weighted by Crippen LogP contribution is -2.00. The minimum Gasteiger partial charge on any atom is -0.374 e. The van der Waals surface area contributed by atoms with Gasteiger partial charge in [-0.05, 0) is 42.6 Å². The van der Waals surface area contributed by atoms with Crippen LogP contribution in [0.15, 0.2) is 23.1 Å². The van der Waals surface area contributed by atoms with Gasteiger partial charge >= 0.3 is 0 Å². The van der Waals surface area contributed by atoms with E-state index in [4.69, 9.17) is 11.6 Å². The fraction of sp³-hybridized carbons (Fsp3) is 0.200. The highest BCUT2D eigenvalue weighted by Crippen LogP contribution is 2.20. The molecule has 1 rings (SSSR count). The van der Waals surface area contributed by atoms with Gasteiger partial charge in [0, 0.05) is 10.6 Å². The molecule has 3 N–H and O–H groups in total. The molecule has 0 aliphatic carbocycles. The van der Waals surface area contributed by atoms with Gasteiger partial charge in [0.05, 0.1) is 6.54 Å². The Labute approximate surface area is 83.0 Å². The number of nitrogens with two attached hydrogens (primary N) is 1. The van der Waals surface area contributed by atoms with Crippen LogP contribution in [0.2, 0.25) is 0 Å². The molecule has 68 valence electrons. The van der Waals surface area contributed by atoms with E-state index in [1.54, 1.807) is 0 Å². The van der Waals surface area contributed by atoms with Gasteiger partial charge in [0.1, 0.15) is 0 Å². The fourth-order valence-corrected chi connectivity index (χ4v) is 1.45. The Morgan fingerprint density at radius 2 is 2.38 bits per heavy atom. The summed E-state index contributed by atoms with van der Waals surface area (Å²) in [5.74, 6) is 2.53. The maximum atomic E-state index is 5.43. The van der Waals surface area contributed by atoms with E-state index < -0.39 is 0 Å². The third-order valence-corrected chi connectivity index (χ3v) is 2.24. The average molecular weight is 192 g/mol. The summed E-state index contributed by atoms with van der Waals surface area (Å²) in [7, 11) is 0. The maximum absolute atomic E-state index is 5.43. The standard InChI is InChI=1S/C10H12N2S/c1-3-6-12-10-5-4-9(13-11)7-8(10)2/h1,4-5,7,12H,6,11H2,2H3.